The average Bonchev–Trinajstić information content (AvgIpc) is 3.16. The van der Waals surface area contributed by atoms with E-state index in [4.69, 9.17) is 0 Å². The number of benzene rings is 1. The predicted molar refractivity (Wildman–Crippen MR) is 109 cm³/mol. The second-order valence-electron chi connectivity index (χ2n) is 6.84. The van der Waals surface area contributed by atoms with Gasteiger partial charge in [0.15, 0.2) is 5.82 Å². The van der Waals surface area contributed by atoms with Crippen molar-refractivity contribution < 1.29 is 4.79 Å². The van der Waals surface area contributed by atoms with Crippen LogP contribution in [0.25, 0.3) is 10.9 Å². The molecule has 1 unspecified atom stereocenters. The Kier molecular flexibility index (Phi) is 4.66. The minimum Gasteiger partial charge on any atom is -0.372 e. The topological polar surface area (TPSA) is 68.4 Å². The lowest BCUT2D eigenvalue weighted by Crippen LogP contribution is -2.54. The molecule has 1 aliphatic rings. The van der Waals surface area contributed by atoms with Crippen LogP contribution in [-0.2, 0) is 4.79 Å². The second kappa shape index (κ2) is 7.26. The van der Waals surface area contributed by atoms with Gasteiger partial charge in [-0.1, -0.05) is 18.2 Å². The second-order valence-corrected chi connectivity index (χ2v) is 6.84. The maximum Gasteiger partial charge on any atom is 0.175 e. The summed E-state index contributed by atoms with van der Waals surface area (Å²) in [7, 11) is 2.04. The summed E-state index contributed by atoms with van der Waals surface area (Å²) in [6.45, 7) is 5.09. The number of piperazine rings is 1. The number of anilines is 3. The highest BCUT2D eigenvalue weighted by atomic mass is 16.1. The zero-order chi connectivity index (χ0) is 18.8. The molecule has 1 fully saturated rings. The molecular formula is C20H24N6O. The summed E-state index contributed by atoms with van der Waals surface area (Å²) < 4.78 is 0. The summed E-state index contributed by atoms with van der Waals surface area (Å²) in [6, 6.07) is 12.0. The van der Waals surface area contributed by atoms with Crippen LogP contribution < -0.4 is 14.7 Å². The van der Waals surface area contributed by atoms with E-state index in [1.54, 1.807) is 6.20 Å². The van der Waals surface area contributed by atoms with Gasteiger partial charge in [0.1, 0.15) is 18.1 Å². The van der Waals surface area contributed by atoms with Gasteiger partial charge in [-0.3, -0.25) is 0 Å². The van der Waals surface area contributed by atoms with E-state index in [9.17, 15) is 4.79 Å². The van der Waals surface area contributed by atoms with Crippen molar-refractivity contribution in [2.75, 3.05) is 47.9 Å². The van der Waals surface area contributed by atoms with Gasteiger partial charge in [-0.2, -0.15) is 5.10 Å². The molecule has 0 amide bonds. The third-order valence-electron chi connectivity index (χ3n) is 5.27. The first kappa shape index (κ1) is 17.3. The maximum absolute atomic E-state index is 11.9. The van der Waals surface area contributed by atoms with Gasteiger partial charge in [-0.05, 0) is 25.1 Å². The molecule has 0 radical (unpaired) electrons. The van der Waals surface area contributed by atoms with Crippen molar-refractivity contribution in [3.8, 4) is 0 Å². The van der Waals surface area contributed by atoms with E-state index in [0.717, 1.165) is 54.1 Å². The van der Waals surface area contributed by atoms with E-state index in [1.807, 2.05) is 25.2 Å². The third kappa shape index (κ3) is 3.20. The first-order valence-corrected chi connectivity index (χ1v) is 9.28. The van der Waals surface area contributed by atoms with Crippen molar-refractivity contribution in [1.29, 1.82) is 0 Å². The Bertz CT molecular complexity index is 906. The summed E-state index contributed by atoms with van der Waals surface area (Å²) in [6.07, 6.45) is 2.74. The van der Waals surface area contributed by atoms with Gasteiger partial charge in [-0.15, -0.1) is 5.10 Å². The number of H-pyrrole nitrogens is 1. The molecule has 3 heterocycles. The number of fused-ring (bicyclic) bond motifs is 1. The smallest absolute Gasteiger partial charge is 0.175 e. The zero-order valence-corrected chi connectivity index (χ0v) is 15.7. The summed E-state index contributed by atoms with van der Waals surface area (Å²) in [5.41, 5.74) is 2.12. The van der Waals surface area contributed by atoms with Gasteiger partial charge < -0.3 is 24.5 Å². The third-order valence-corrected chi connectivity index (χ3v) is 5.27. The molecule has 140 valence electrons. The summed E-state index contributed by atoms with van der Waals surface area (Å²) >= 11 is 0. The standard InChI is InChI=1S/C20H24N6O/c1-3-24(2)18-8-9-21-23-20(18)25-10-11-26(16(13-25)14-27)19-12-15-6-4-5-7-17(15)22-19/h4-9,12,14,16,22H,3,10-11,13H2,1-2H3. The van der Waals surface area contributed by atoms with Crippen LogP contribution in [0.1, 0.15) is 6.92 Å². The van der Waals surface area contributed by atoms with Gasteiger partial charge in [-0.25, -0.2) is 0 Å². The number of aldehydes is 1. The van der Waals surface area contributed by atoms with Crippen LogP contribution in [-0.4, -0.2) is 60.7 Å². The SMILES string of the molecule is CCN(C)c1ccnnc1N1CCN(c2cc3ccccc3[nH]2)C(C=O)C1. The number of rotatable bonds is 5. The molecule has 3 aromatic rings. The molecule has 27 heavy (non-hydrogen) atoms. The van der Waals surface area contributed by atoms with E-state index in [-0.39, 0.29) is 6.04 Å². The predicted octanol–water partition coefficient (Wildman–Crippen LogP) is 2.31. The van der Waals surface area contributed by atoms with E-state index in [2.05, 4.69) is 55.0 Å². The quantitative estimate of drug-likeness (QED) is 0.701. The fraction of sp³-hybridized carbons (Fsp3) is 0.350. The lowest BCUT2D eigenvalue weighted by Gasteiger charge is -2.40. The van der Waals surface area contributed by atoms with E-state index in [0.29, 0.717) is 6.54 Å². The van der Waals surface area contributed by atoms with Crippen LogP contribution in [0.4, 0.5) is 17.3 Å². The highest BCUT2D eigenvalue weighted by Crippen LogP contribution is 2.29. The van der Waals surface area contributed by atoms with Gasteiger partial charge in [0, 0.05) is 44.1 Å². The molecular weight excluding hydrogens is 340 g/mol. The first-order valence-electron chi connectivity index (χ1n) is 9.28. The van der Waals surface area contributed by atoms with Crippen LogP contribution in [0.3, 0.4) is 0 Å². The molecule has 0 spiro atoms. The normalized spacial score (nSPS) is 17.3. The van der Waals surface area contributed by atoms with Crippen molar-refractivity contribution in [3.05, 3.63) is 42.6 Å². The molecule has 0 bridgehead atoms. The highest BCUT2D eigenvalue weighted by Gasteiger charge is 2.30. The molecule has 1 aliphatic heterocycles. The summed E-state index contributed by atoms with van der Waals surface area (Å²) in [5, 5.41) is 9.59. The van der Waals surface area contributed by atoms with Crippen LogP contribution in [0.15, 0.2) is 42.6 Å². The Morgan fingerprint density at radius 1 is 1.30 bits per heavy atom. The van der Waals surface area contributed by atoms with Crippen LogP contribution in [0, 0.1) is 0 Å². The van der Waals surface area contributed by atoms with Gasteiger partial charge >= 0.3 is 0 Å². The fourth-order valence-corrected chi connectivity index (χ4v) is 3.64. The molecule has 1 N–H and O–H groups in total. The number of aromatic amines is 1. The average molecular weight is 364 g/mol. The molecule has 2 aromatic heterocycles. The Hall–Kier alpha value is -3.09. The van der Waals surface area contributed by atoms with Crippen molar-refractivity contribution in [2.45, 2.75) is 13.0 Å². The Balaban J connectivity index is 1.60. The Morgan fingerprint density at radius 2 is 2.15 bits per heavy atom. The minimum atomic E-state index is -0.242. The Labute approximate surface area is 158 Å². The van der Waals surface area contributed by atoms with Crippen LogP contribution in [0.5, 0.6) is 0 Å². The number of aromatic nitrogens is 3. The fourth-order valence-electron chi connectivity index (χ4n) is 3.64. The number of nitrogens with zero attached hydrogens (tertiary/aromatic N) is 5. The Morgan fingerprint density at radius 3 is 2.93 bits per heavy atom. The number of nitrogens with one attached hydrogen (secondary N) is 1. The van der Waals surface area contributed by atoms with Gasteiger partial charge in [0.25, 0.3) is 0 Å². The summed E-state index contributed by atoms with van der Waals surface area (Å²) in [4.78, 5) is 21.8. The van der Waals surface area contributed by atoms with E-state index in [1.165, 1.54) is 0 Å². The minimum absolute atomic E-state index is 0.242. The maximum atomic E-state index is 11.9. The van der Waals surface area contributed by atoms with Crippen LogP contribution in [0.2, 0.25) is 0 Å². The van der Waals surface area contributed by atoms with E-state index >= 15 is 0 Å². The highest BCUT2D eigenvalue weighted by molar-refractivity contribution is 5.85. The number of carbonyl (C=O) groups is 1. The molecule has 1 aromatic carbocycles. The number of hydrogen-bond donors (Lipinski definition) is 1. The first-order chi connectivity index (χ1) is 13.2. The lowest BCUT2D eigenvalue weighted by molar-refractivity contribution is -0.109. The molecule has 7 nitrogen and oxygen atoms in total. The van der Waals surface area contributed by atoms with Crippen molar-refractivity contribution in [2.24, 2.45) is 0 Å². The van der Waals surface area contributed by atoms with Gasteiger partial charge in [0.2, 0.25) is 0 Å². The largest absolute Gasteiger partial charge is 0.372 e. The van der Waals surface area contributed by atoms with Crippen LogP contribution >= 0.6 is 0 Å². The number of carbonyl (C=O) groups excluding carboxylic acids is 1. The number of para-hydroxylation sites is 1. The molecule has 4 rings (SSSR count). The molecule has 0 saturated carbocycles. The van der Waals surface area contributed by atoms with Crippen molar-refractivity contribution in [3.63, 3.8) is 0 Å². The lowest BCUT2D eigenvalue weighted by atomic mass is 10.1. The monoisotopic (exact) mass is 364 g/mol. The zero-order valence-electron chi connectivity index (χ0n) is 15.7. The number of hydrogen-bond acceptors (Lipinski definition) is 6. The molecule has 7 heteroatoms. The molecule has 1 saturated heterocycles. The summed E-state index contributed by atoms with van der Waals surface area (Å²) in [5.74, 6) is 1.82. The molecule has 0 aliphatic carbocycles. The van der Waals surface area contributed by atoms with Gasteiger partial charge in [0.05, 0.1) is 11.9 Å². The van der Waals surface area contributed by atoms with Crippen molar-refractivity contribution in [1.82, 2.24) is 15.2 Å². The van der Waals surface area contributed by atoms with Crippen molar-refractivity contribution >= 4 is 34.5 Å². The molecule has 1 atom stereocenters. The van der Waals surface area contributed by atoms with E-state index < -0.39 is 0 Å².